The minimum atomic E-state index is -4.42. The second-order valence-corrected chi connectivity index (χ2v) is 5.31. The molecule has 0 aliphatic carbocycles. The number of aryl methyl sites for hydroxylation is 1. The topological polar surface area (TPSA) is 28.6 Å². The predicted octanol–water partition coefficient (Wildman–Crippen LogP) is 2.04. The number of halogens is 3. The molecule has 0 unspecified atom stereocenters. The van der Waals surface area contributed by atoms with Crippen LogP contribution in [0.4, 0.5) is 13.2 Å². The van der Waals surface area contributed by atoms with Gasteiger partial charge in [0.1, 0.15) is 17.9 Å². The molecule has 1 aliphatic heterocycles. The third kappa shape index (κ3) is 4.57. The average molecular weight is 303 g/mol. The Labute approximate surface area is 122 Å². The van der Waals surface area contributed by atoms with Crippen molar-refractivity contribution < 1.29 is 17.9 Å². The van der Waals surface area contributed by atoms with E-state index in [9.17, 15) is 13.2 Å². The number of nitrogens with zero attached hydrogens (tertiary/aromatic N) is 3. The van der Waals surface area contributed by atoms with Crippen molar-refractivity contribution in [1.29, 1.82) is 0 Å². The first kappa shape index (κ1) is 16.0. The lowest BCUT2D eigenvalue weighted by Gasteiger charge is -2.32. The Hall–Kier alpha value is -1.34. The van der Waals surface area contributed by atoms with Gasteiger partial charge in [-0.25, -0.2) is 0 Å². The maximum Gasteiger partial charge on any atom is 0.420 e. The van der Waals surface area contributed by atoms with Crippen LogP contribution in [0.3, 0.4) is 0 Å². The van der Waals surface area contributed by atoms with Crippen LogP contribution in [0, 0.1) is 6.92 Å². The monoisotopic (exact) mass is 303 g/mol. The van der Waals surface area contributed by atoms with E-state index in [1.54, 1.807) is 0 Å². The molecule has 4 nitrogen and oxygen atoms in total. The zero-order chi connectivity index (χ0) is 15.5. The Morgan fingerprint density at radius 2 is 1.90 bits per heavy atom. The van der Waals surface area contributed by atoms with E-state index in [2.05, 4.69) is 21.8 Å². The molecule has 0 bridgehead atoms. The SMILES string of the molecule is Cc1cc(C(F)(F)F)c(OCCN2CCN(C)CC2)cn1. The molecular formula is C14H20F3N3O. The van der Waals surface area contributed by atoms with Crippen LogP contribution >= 0.6 is 0 Å². The van der Waals surface area contributed by atoms with Crippen LogP contribution in [0.15, 0.2) is 12.3 Å². The molecule has 0 N–H and O–H groups in total. The number of pyridine rings is 1. The Balaban J connectivity index is 1.91. The molecule has 7 heteroatoms. The summed E-state index contributed by atoms with van der Waals surface area (Å²) in [5.74, 6) is -0.192. The van der Waals surface area contributed by atoms with Crippen molar-refractivity contribution in [2.24, 2.45) is 0 Å². The smallest absolute Gasteiger partial charge is 0.420 e. The van der Waals surface area contributed by atoms with Crippen LogP contribution in [0.1, 0.15) is 11.3 Å². The highest BCUT2D eigenvalue weighted by Gasteiger charge is 2.34. The van der Waals surface area contributed by atoms with Crippen molar-refractivity contribution >= 4 is 0 Å². The van der Waals surface area contributed by atoms with E-state index >= 15 is 0 Å². The number of rotatable bonds is 4. The highest BCUT2D eigenvalue weighted by Crippen LogP contribution is 2.36. The normalized spacial score (nSPS) is 18.0. The molecule has 0 amide bonds. The fourth-order valence-electron chi connectivity index (χ4n) is 2.24. The minimum Gasteiger partial charge on any atom is -0.490 e. The lowest BCUT2D eigenvalue weighted by Crippen LogP contribution is -2.45. The van der Waals surface area contributed by atoms with E-state index in [1.165, 1.54) is 6.92 Å². The highest BCUT2D eigenvalue weighted by molar-refractivity contribution is 5.34. The van der Waals surface area contributed by atoms with Crippen LogP contribution in [0.25, 0.3) is 0 Å². The molecule has 2 heterocycles. The summed E-state index contributed by atoms with van der Waals surface area (Å²) in [6.07, 6.45) is -3.26. The molecule has 118 valence electrons. The second kappa shape index (κ2) is 6.62. The molecular weight excluding hydrogens is 283 g/mol. The molecule has 1 fully saturated rings. The Kier molecular flexibility index (Phi) is 5.05. The van der Waals surface area contributed by atoms with Crippen molar-refractivity contribution in [2.45, 2.75) is 13.1 Å². The van der Waals surface area contributed by atoms with Crippen molar-refractivity contribution in [3.8, 4) is 5.75 Å². The molecule has 1 aliphatic rings. The number of piperazine rings is 1. The van der Waals surface area contributed by atoms with Gasteiger partial charge in [-0.2, -0.15) is 13.2 Å². The molecule has 2 rings (SSSR count). The molecule has 0 radical (unpaired) electrons. The molecule has 0 aromatic carbocycles. The van der Waals surface area contributed by atoms with Gasteiger partial charge < -0.3 is 9.64 Å². The third-order valence-corrected chi connectivity index (χ3v) is 3.57. The summed E-state index contributed by atoms with van der Waals surface area (Å²) in [5, 5.41) is 0. The average Bonchev–Trinajstić information content (AvgIpc) is 2.41. The standard InChI is InChI=1S/C14H20F3N3O/c1-11-9-12(14(15,16)17)13(10-18-11)21-8-7-20-5-3-19(2)4-6-20/h9-10H,3-8H2,1-2H3. The van der Waals surface area contributed by atoms with Crippen molar-refractivity contribution in [1.82, 2.24) is 14.8 Å². The van der Waals surface area contributed by atoms with Crippen LogP contribution in [-0.4, -0.2) is 61.2 Å². The van der Waals surface area contributed by atoms with Crippen LogP contribution in [-0.2, 0) is 6.18 Å². The van der Waals surface area contributed by atoms with Crippen molar-refractivity contribution in [3.63, 3.8) is 0 Å². The van der Waals surface area contributed by atoms with E-state index < -0.39 is 11.7 Å². The number of likely N-dealkylation sites (N-methyl/N-ethyl adjacent to an activating group) is 1. The molecule has 0 saturated carbocycles. The summed E-state index contributed by atoms with van der Waals surface area (Å²) < 4.78 is 44.1. The number of hydrogen-bond donors (Lipinski definition) is 0. The summed E-state index contributed by atoms with van der Waals surface area (Å²) in [6, 6.07) is 1.02. The Bertz CT molecular complexity index is 471. The van der Waals surface area contributed by atoms with E-state index in [0.717, 1.165) is 38.4 Å². The third-order valence-electron chi connectivity index (χ3n) is 3.57. The van der Waals surface area contributed by atoms with Crippen molar-refractivity contribution in [3.05, 3.63) is 23.5 Å². The first-order chi connectivity index (χ1) is 9.86. The van der Waals surface area contributed by atoms with Gasteiger partial charge in [-0.1, -0.05) is 0 Å². The van der Waals surface area contributed by atoms with Crippen LogP contribution in [0.2, 0.25) is 0 Å². The van der Waals surface area contributed by atoms with Crippen molar-refractivity contribution in [2.75, 3.05) is 46.4 Å². The maximum atomic E-state index is 12.9. The van der Waals surface area contributed by atoms with Gasteiger partial charge in [0.25, 0.3) is 0 Å². The summed E-state index contributed by atoms with van der Waals surface area (Å²) >= 11 is 0. The first-order valence-electron chi connectivity index (χ1n) is 6.94. The second-order valence-electron chi connectivity index (χ2n) is 5.31. The highest BCUT2D eigenvalue weighted by atomic mass is 19.4. The molecule has 1 aromatic heterocycles. The van der Waals surface area contributed by atoms with Crippen LogP contribution < -0.4 is 4.74 Å². The fourth-order valence-corrected chi connectivity index (χ4v) is 2.24. The van der Waals surface area contributed by atoms with Gasteiger partial charge in [0, 0.05) is 38.4 Å². The van der Waals surface area contributed by atoms with Gasteiger partial charge in [-0.3, -0.25) is 9.88 Å². The summed E-state index contributed by atoms with van der Waals surface area (Å²) in [5.41, 5.74) is -0.429. The van der Waals surface area contributed by atoms with Gasteiger partial charge in [0.05, 0.1) is 6.20 Å². The first-order valence-corrected chi connectivity index (χ1v) is 6.94. The molecule has 1 aromatic rings. The maximum absolute atomic E-state index is 12.9. The Morgan fingerprint density at radius 1 is 1.24 bits per heavy atom. The molecule has 1 saturated heterocycles. The summed E-state index contributed by atoms with van der Waals surface area (Å²) in [4.78, 5) is 8.30. The number of aromatic nitrogens is 1. The largest absolute Gasteiger partial charge is 0.490 e. The fraction of sp³-hybridized carbons (Fsp3) is 0.643. The Morgan fingerprint density at radius 3 is 2.52 bits per heavy atom. The molecule has 0 spiro atoms. The number of hydrogen-bond acceptors (Lipinski definition) is 4. The zero-order valence-electron chi connectivity index (χ0n) is 12.3. The lowest BCUT2D eigenvalue weighted by atomic mass is 10.2. The lowest BCUT2D eigenvalue weighted by molar-refractivity contribution is -0.139. The quantitative estimate of drug-likeness (QED) is 0.851. The van der Waals surface area contributed by atoms with Gasteiger partial charge in [-0.05, 0) is 20.0 Å². The summed E-state index contributed by atoms with van der Waals surface area (Å²) in [7, 11) is 2.06. The van der Waals surface area contributed by atoms with E-state index in [0.29, 0.717) is 12.2 Å². The zero-order valence-corrected chi connectivity index (χ0v) is 12.3. The number of ether oxygens (including phenoxy) is 1. The van der Waals surface area contributed by atoms with Gasteiger partial charge in [0.15, 0.2) is 0 Å². The predicted molar refractivity (Wildman–Crippen MR) is 73.4 cm³/mol. The minimum absolute atomic E-state index is 0.192. The van der Waals surface area contributed by atoms with Gasteiger partial charge >= 0.3 is 6.18 Å². The summed E-state index contributed by atoms with van der Waals surface area (Å²) in [6.45, 7) is 6.16. The van der Waals surface area contributed by atoms with E-state index in [4.69, 9.17) is 4.74 Å². The van der Waals surface area contributed by atoms with Crippen LogP contribution in [0.5, 0.6) is 5.75 Å². The van der Waals surface area contributed by atoms with Gasteiger partial charge in [-0.15, -0.1) is 0 Å². The van der Waals surface area contributed by atoms with Gasteiger partial charge in [0.2, 0.25) is 0 Å². The molecule has 21 heavy (non-hydrogen) atoms. The van der Waals surface area contributed by atoms with E-state index in [1.807, 2.05) is 0 Å². The number of alkyl halides is 3. The van der Waals surface area contributed by atoms with E-state index in [-0.39, 0.29) is 12.4 Å². The molecule has 0 atom stereocenters.